The summed E-state index contributed by atoms with van der Waals surface area (Å²) in [5, 5.41) is 3.88. The van der Waals surface area contributed by atoms with E-state index in [1.807, 2.05) is 6.07 Å². The summed E-state index contributed by atoms with van der Waals surface area (Å²) in [6, 6.07) is 1.88. The maximum absolute atomic E-state index is 5.41. The number of nitrogens with two attached hydrogens (primary N) is 1. The van der Waals surface area contributed by atoms with Crippen LogP contribution in [0.25, 0.3) is 11.5 Å². The summed E-state index contributed by atoms with van der Waals surface area (Å²) < 4.78 is 6.02. The maximum Gasteiger partial charge on any atom is 0.259 e. The first-order valence-corrected chi connectivity index (χ1v) is 5.72. The van der Waals surface area contributed by atoms with Crippen LogP contribution in [-0.4, -0.2) is 21.7 Å². The molecular formula is C10H11BrN4O. The van der Waals surface area contributed by atoms with Crippen LogP contribution in [0, 0.1) is 0 Å². The molecule has 0 aliphatic carbocycles. The smallest absolute Gasteiger partial charge is 0.259 e. The molecule has 2 aromatic heterocycles. The Labute approximate surface area is 101 Å². The lowest BCUT2D eigenvalue weighted by molar-refractivity contribution is 0.421. The minimum Gasteiger partial charge on any atom is -0.334 e. The number of aromatic nitrogens is 3. The van der Waals surface area contributed by atoms with Crippen molar-refractivity contribution in [3.8, 4) is 11.5 Å². The van der Waals surface area contributed by atoms with Crippen molar-refractivity contribution in [2.75, 3.05) is 6.54 Å². The van der Waals surface area contributed by atoms with Gasteiger partial charge in [0, 0.05) is 23.3 Å². The molecule has 2 heterocycles. The molecule has 0 unspecified atom stereocenters. The van der Waals surface area contributed by atoms with Gasteiger partial charge in [0.25, 0.3) is 5.89 Å². The third-order valence-electron chi connectivity index (χ3n) is 2.02. The van der Waals surface area contributed by atoms with Crippen molar-refractivity contribution in [3.63, 3.8) is 0 Å². The van der Waals surface area contributed by atoms with Crippen molar-refractivity contribution in [3.05, 3.63) is 28.8 Å². The molecule has 5 nitrogen and oxygen atoms in total. The van der Waals surface area contributed by atoms with Crippen LogP contribution in [0.15, 0.2) is 27.5 Å². The van der Waals surface area contributed by atoms with Crippen molar-refractivity contribution in [2.45, 2.75) is 12.8 Å². The van der Waals surface area contributed by atoms with Crippen molar-refractivity contribution in [1.82, 2.24) is 15.1 Å². The third-order valence-corrected chi connectivity index (χ3v) is 2.46. The lowest BCUT2D eigenvalue weighted by atomic mass is 10.3. The standard InChI is InChI=1S/C10H11BrN4O/c11-8-4-7(5-13-6-8)10-14-9(15-16-10)2-1-3-12/h4-6H,1-3,12H2. The summed E-state index contributed by atoms with van der Waals surface area (Å²) in [6.07, 6.45) is 4.98. The summed E-state index contributed by atoms with van der Waals surface area (Å²) >= 11 is 3.34. The van der Waals surface area contributed by atoms with Gasteiger partial charge in [0.2, 0.25) is 0 Å². The first-order chi connectivity index (χ1) is 7.79. The molecule has 6 heteroatoms. The van der Waals surface area contributed by atoms with E-state index < -0.39 is 0 Å². The predicted molar refractivity (Wildman–Crippen MR) is 62.6 cm³/mol. The van der Waals surface area contributed by atoms with Gasteiger partial charge in [-0.05, 0) is 35.0 Å². The molecule has 0 bridgehead atoms. The predicted octanol–water partition coefficient (Wildman–Crippen LogP) is 1.79. The van der Waals surface area contributed by atoms with Gasteiger partial charge in [-0.1, -0.05) is 5.16 Å². The lowest BCUT2D eigenvalue weighted by Crippen LogP contribution is -2.01. The molecule has 0 saturated heterocycles. The molecule has 2 aromatic rings. The van der Waals surface area contributed by atoms with E-state index in [0.717, 1.165) is 22.9 Å². The molecule has 0 radical (unpaired) electrons. The van der Waals surface area contributed by atoms with Gasteiger partial charge in [0.05, 0.1) is 5.56 Å². The minimum absolute atomic E-state index is 0.487. The van der Waals surface area contributed by atoms with E-state index in [2.05, 4.69) is 31.1 Å². The fourth-order valence-corrected chi connectivity index (χ4v) is 1.63. The summed E-state index contributed by atoms with van der Waals surface area (Å²) in [6.45, 7) is 0.627. The third kappa shape index (κ3) is 2.65. The fourth-order valence-electron chi connectivity index (χ4n) is 1.26. The summed E-state index contributed by atoms with van der Waals surface area (Å²) in [4.78, 5) is 8.30. The second-order valence-electron chi connectivity index (χ2n) is 3.30. The van der Waals surface area contributed by atoms with Crippen LogP contribution in [0.1, 0.15) is 12.2 Å². The Hall–Kier alpha value is -1.27. The number of hydrogen-bond acceptors (Lipinski definition) is 5. The number of aryl methyl sites for hydroxylation is 1. The van der Waals surface area contributed by atoms with Crippen molar-refractivity contribution in [1.29, 1.82) is 0 Å². The van der Waals surface area contributed by atoms with Crippen LogP contribution >= 0.6 is 15.9 Å². The van der Waals surface area contributed by atoms with E-state index >= 15 is 0 Å². The zero-order chi connectivity index (χ0) is 11.4. The Bertz CT molecular complexity index is 471. The Kier molecular flexibility index (Phi) is 3.63. The van der Waals surface area contributed by atoms with Gasteiger partial charge >= 0.3 is 0 Å². The van der Waals surface area contributed by atoms with Gasteiger partial charge < -0.3 is 10.3 Å². The number of rotatable bonds is 4. The zero-order valence-electron chi connectivity index (χ0n) is 8.56. The SMILES string of the molecule is NCCCc1noc(-c2cncc(Br)c2)n1. The summed E-state index contributed by atoms with van der Waals surface area (Å²) in [5.74, 6) is 1.17. The van der Waals surface area contributed by atoms with Gasteiger partial charge in [0.15, 0.2) is 5.82 Å². The van der Waals surface area contributed by atoms with Crippen LogP contribution in [0.3, 0.4) is 0 Å². The molecule has 0 spiro atoms. The van der Waals surface area contributed by atoms with E-state index in [-0.39, 0.29) is 0 Å². The molecule has 0 saturated carbocycles. The number of nitrogens with zero attached hydrogens (tertiary/aromatic N) is 3. The van der Waals surface area contributed by atoms with E-state index in [4.69, 9.17) is 10.3 Å². The number of pyridine rings is 1. The Morgan fingerprint density at radius 3 is 3.00 bits per heavy atom. The highest BCUT2D eigenvalue weighted by molar-refractivity contribution is 9.10. The second-order valence-corrected chi connectivity index (χ2v) is 4.22. The lowest BCUT2D eigenvalue weighted by Gasteiger charge is -1.93. The van der Waals surface area contributed by atoms with Crippen molar-refractivity contribution < 1.29 is 4.52 Å². The highest BCUT2D eigenvalue weighted by Crippen LogP contribution is 2.19. The van der Waals surface area contributed by atoms with Crippen LogP contribution in [-0.2, 0) is 6.42 Å². The monoisotopic (exact) mass is 282 g/mol. The van der Waals surface area contributed by atoms with E-state index in [1.54, 1.807) is 12.4 Å². The number of hydrogen-bond donors (Lipinski definition) is 1. The highest BCUT2D eigenvalue weighted by atomic mass is 79.9. The molecular weight excluding hydrogens is 272 g/mol. The molecule has 2 rings (SSSR count). The van der Waals surface area contributed by atoms with Crippen LogP contribution in [0.5, 0.6) is 0 Å². The highest BCUT2D eigenvalue weighted by Gasteiger charge is 2.08. The molecule has 0 aliphatic rings. The average Bonchev–Trinajstić information content (AvgIpc) is 2.75. The van der Waals surface area contributed by atoms with Gasteiger partial charge in [-0.25, -0.2) is 0 Å². The van der Waals surface area contributed by atoms with E-state index in [0.29, 0.717) is 18.3 Å². The molecule has 84 valence electrons. The first-order valence-electron chi connectivity index (χ1n) is 4.93. The summed E-state index contributed by atoms with van der Waals surface area (Å²) in [5.41, 5.74) is 6.22. The van der Waals surface area contributed by atoms with E-state index in [9.17, 15) is 0 Å². The topological polar surface area (TPSA) is 77.8 Å². The largest absolute Gasteiger partial charge is 0.334 e. The molecule has 0 aromatic carbocycles. The van der Waals surface area contributed by atoms with Gasteiger partial charge in [-0.3, -0.25) is 4.98 Å². The molecule has 0 amide bonds. The Morgan fingerprint density at radius 2 is 2.25 bits per heavy atom. The van der Waals surface area contributed by atoms with E-state index in [1.165, 1.54) is 0 Å². The quantitative estimate of drug-likeness (QED) is 0.925. The van der Waals surface area contributed by atoms with Gasteiger partial charge in [-0.2, -0.15) is 4.98 Å². The average molecular weight is 283 g/mol. The van der Waals surface area contributed by atoms with Crippen LogP contribution < -0.4 is 5.73 Å². The Balaban J connectivity index is 2.18. The van der Waals surface area contributed by atoms with Gasteiger partial charge in [-0.15, -0.1) is 0 Å². The molecule has 2 N–H and O–H groups in total. The second kappa shape index (κ2) is 5.18. The van der Waals surface area contributed by atoms with Crippen LogP contribution in [0.4, 0.5) is 0 Å². The summed E-state index contributed by atoms with van der Waals surface area (Å²) in [7, 11) is 0. The van der Waals surface area contributed by atoms with Crippen LogP contribution in [0.2, 0.25) is 0 Å². The zero-order valence-corrected chi connectivity index (χ0v) is 10.1. The molecule has 0 atom stereocenters. The normalized spacial score (nSPS) is 10.6. The molecule has 16 heavy (non-hydrogen) atoms. The van der Waals surface area contributed by atoms with Gasteiger partial charge in [0.1, 0.15) is 0 Å². The number of halogens is 1. The first kappa shape index (κ1) is 11.2. The Morgan fingerprint density at radius 1 is 1.38 bits per heavy atom. The van der Waals surface area contributed by atoms with Crippen molar-refractivity contribution >= 4 is 15.9 Å². The fraction of sp³-hybridized carbons (Fsp3) is 0.300. The minimum atomic E-state index is 0.487. The molecule has 0 fully saturated rings. The maximum atomic E-state index is 5.41. The molecule has 0 aliphatic heterocycles. The van der Waals surface area contributed by atoms with Crippen molar-refractivity contribution in [2.24, 2.45) is 5.73 Å².